The van der Waals surface area contributed by atoms with Crippen LogP contribution < -0.4 is 5.32 Å². The molecule has 1 aromatic carbocycles. The fourth-order valence-corrected chi connectivity index (χ4v) is 1.26. The maximum Gasteiger partial charge on any atom is 0.258 e. The Hall–Kier alpha value is -2.54. The topological polar surface area (TPSA) is 66.0 Å². The lowest BCUT2D eigenvalue weighted by Crippen LogP contribution is -2.10. The predicted octanol–water partition coefficient (Wildman–Crippen LogP) is 2.40. The van der Waals surface area contributed by atoms with E-state index in [1.165, 1.54) is 12.5 Å². The monoisotopic (exact) mass is 212 g/mol. The summed E-state index contributed by atoms with van der Waals surface area (Å²) in [4.78, 5) is 11.6. The maximum atomic E-state index is 11.6. The summed E-state index contributed by atoms with van der Waals surface area (Å²) in [5.74, 6) is -0.260. The highest BCUT2D eigenvalue weighted by Gasteiger charge is 2.06. The molecule has 2 rings (SSSR count). The first-order valence-electron chi connectivity index (χ1n) is 4.63. The molecule has 0 bridgehead atoms. The Bertz CT molecular complexity index is 538. The lowest BCUT2D eigenvalue weighted by Gasteiger charge is -2.02. The van der Waals surface area contributed by atoms with Crippen molar-refractivity contribution in [3.8, 4) is 6.07 Å². The fraction of sp³-hybridized carbons (Fsp3) is 0. The van der Waals surface area contributed by atoms with Gasteiger partial charge in [0.25, 0.3) is 5.91 Å². The largest absolute Gasteiger partial charge is 0.472 e. The molecule has 1 N–H and O–H groups in total. The zero-order valence-electron chi connectivity index (χ0n) is 8.31. The number of hydrogen-bond acceptors (Lipinski definition) is 3. The smallest absolute Gasteiger partial charge is 0.258 e. The molecule has 0 unspecified atom stereocenters. The predicted molar refractivity (Wildman–Crippen MR) is 57.8 cm³/mol. The minimum atomic E-state index is -0.260. The molecule has 0 aliphatic heterocycles. The fourth-order valence-electron chi connectivity index (χ4n) is 1.26. The first kappa shape index (κ1) is 9.99. The average molecular weight is 212 g/mol. The number of carbonyl (C=O) groups is 1. The van der Waals surface area contributed by atoms with E-state index >= 15 is 0 Å². The number of amides is 1. The number of carbonyl (C=O) groups excluding carboxylic acids is 1. The van der Waals surface area contributed by atoms with Crippen molar-refractivity contribution >= 4 is 11.6 Å². The molecule has 0 aliphatic carbocycles. The lowest BCUT2D eigenvalue weighted by atomic mass is 10.2. The zero-order chi connectivity index (χ0) is 11.4. The summed E-state index contributed by atoms with van der Waals surface area (Å²) in [6.45, 7) is 0. The van der Waals surface area contributed by atoms with E-state index in [9.17, 15) is 4.79 Å². The van der Waals surface area contributed by atoms with Gasteiger partial charge >= 0.3 is 0 Å². The van der Waals surface area contributed by atoms with Gasteiger partial charge in [-0.1, -0.05) is 6.07 Å². The van der Waals surface area contributed by atoms with Crippen LogP contribution in [0.15, 0.2) is 47.3 Å². The molecule has 4 heteroatoms. The Balaban J connectivity index is 2.16. The van der Waals surface area contributed by atoms with E-state index in [2.05, 4.69) is 5.32 Å². The molecule has 0 saturated carbocycles. The van der Waals surface area contributed by atoms with Crippen LogP contribution in [0.5, 0.6) is 0 Å². The number of furan rings is 1. The van der Waals surface area contributed by atoms with Crippen LogP contribution in [0.2, 0.25) is 0 Å². The molecule has 1 amide bonds. The molecule has 1 heterocycles. The van der Waals surface area contributed by atoms with E-state index in [4.69, 9.17) is 9.68 Å². The quantitative estimate of drug-likeness (QED) is 0.831. The summed E-state index contributed by atoms with van der Waals surface area (Å²) in [6, 6.07) is 10.3. The first-order valence-corrected chi connectivity index (χ1v) is 4.63. The van der Waals surface area contributed by atoms with Crippen LogP contribution in [0.1, 0.15) is 15.9 Å². The molecular formula is C12H8N2O2. The van der Waals surface area contributed by atoms with Crippen molar-refractivity contribution in [3.05, 3.63) is 54.0 Å². The second-order valence-corrected chi connectivity index (χ2v) is 3.16. The molecule has 0 fully saturated rings. The van der Waals surface area contributed by atoms with Gasteiger partial charge in [0.1, 0.15) is 6.26 Å². The molecule has 0 radical (unpaired) electrons. The molecule has 16 heavy (non-hydrogen) atoms. The molecule has 0 atom stereocenters. The van der Waals surface area contributed by atoms with Crippen LogP contribution >= 0.6 is 0 Å². The van der Waals surface area contributed by atoms with E-state index in [0.717, 1.165) is 0 Å². The second-order valence-electron chi connectivity index (χ2n) is 3.16. The van der Waals surface area contributed by atoms with Crippen molar-refractivity contribution in [2.24, 2.45) is 0 Å². The van der Waals surface area contributed by atoms with Crippen molar-refractivity contribution in [2.75, 3.05) is 5.32 Å². The van der Waals surface area contributed by atoms with Gasteiger partial charge in [0.15, 0.2) is 0 Å². The molecule has 4 nitrogen and oxygen atoms in total. The first-order chi connectivity index (χ1) is 7.79. The minimum absolute atomic E-state index is 0.260. The molecule has 78 valence electrons. The summed E-state index contributed by atoms with van der Waals surface area (Å²) >= 11 is 0. The van der Waals surface area contributed by atoms with Crippen molar-refractivity contribution in [2.45, 2.75) is 0 Å². The summed E-state index contributed by atoms with van der Waals surface area (Å²) in [7, 11) is 0. The third-order valence-corrected chi connectivity index (χ3v) is 2.03. The number of nitrogens with one attached hydrogen (secondary N) is 1. The number of anilines is 1. The maximum absolute atomic E-state index is 11.6. The molecule has 0 saturated heterocycles. The van der Waals surface area contributed by atoms with Gasteiger partial charge in [-0.05, 0) is 24.3 Å². The van der Waals surface area contributed by atoms with Crippen LogP contribution in [-0.4, -0.2) is 5.91 Å². The van der Waals surface area contributed by atoms with Gasteiger partial charge in [0.2, 0.25) is 0 Å². The van der Waals surface area contributed by atoms with Crippen molar-refractivity contribution < 1.29 is 9.21 Å². The van der Waals surface area contributed by atoms with Gasteiger partial charge < -0.3 is 9.73 Å². The van der Waals surface area contributed by atoms with Gasteiger partial charge in [0, 0.05) is 5.69 Å². The highest BCUT2D eigenvalue weighted by Crippen LogP contribution is 2.11. The number of rotatable bonds is 2. The van der Waals surface area contributed by atoms with Gasteiger partial charge in [-0.25, -0.2) is 0 Å². The van der Waals surface area contributed by atoms with E-state index < -0.39 is 0 Å². The Morgan fingerprint density at radius 1 is 1.38 bits per heavy atom. The number of hydrogen-bond donors (Lipinski definition) is 1. The third kappa shape index (κ3) is 2.10. The third-order valence-electron chi connectivity index (χ3n) is 2.03. The summed E-state index contributed by atoms with van der Waals surface area (Å²) in [6.07, 6.45) is 2.80. The van der Waals surface area contributed by atoms with Crippen molar-refractivity contribution in [1.29, 1.82) is 5.26 Å². The molecule has 2 aromatic rings. The van der Waals surface area contributed by atoms with Gasteiger partial charge in [-0.3, -0.25) is 4.79 Å². The molecular weight excluding hydrogens is 204 g/mol. The molecule has 0 spiro atoms. The zero-order valence-corrected chi connectivity index (χ0v) is 8.31. The van der Waals surface area contributed by atoms with Crippen LogP contribution in [-0.2, 0) is 0 Å². The van der Waals surface area contributed by atoms with Crippen LogP contribution in [0.25, 0.3) is 0 Å². The standard InChI is InChI=1S/C12H8N2O2/c13-7-9-2-1-3-11(6-9)14-12(15)10-4-5-16-8-10/h1-6,8H,(H,14,15). The molecule has 0 aliphatic rings. The van der Waals surface area contributed by atoms with E-state index in [-0.39, 0.29) is 5.91 Å². The van der Waals surface area contributed by atoms with E-state index in [1.54, 1.807) is 30.3 Å². The van der Waals surface area contributed by atoms with Gasteiger partial charge in [-0.2, -0.15) is 5.26 Å². The number of nitriles is 1. The lowest BCUT2D eigenvalue weighted by molar-refractivity contribution is 0.102. The Kier molecular flexibility index (Phi) is 2.70. The van der Waals surface area contributed by atoms with Crippen LogP contribution in [0.4, 0.5) is 5.69 Å². The highest BCUT2D eigenvalue weighted by atomic mass is 16.3. The van der Waals surface area contributed by atoms with Crippen LogP contribution in [0, 0.1) is 11.3 Å². The van der Waals surface area contributed by atoms with Crippen LogP contribution in [0.3, 0.4) is 0 Å². The van der Waals surface area contributed by atoms with E-state index in [0.29, 0.717) is 16.8 Å². The Morgan fingerprint density at radius 3 is 2.94 bits per heavy atom. The Morgan fingerprint density at radius 2 is 2.25 bits per heavy atom. The SMILES string of the molecule is N#Cc1cccc(NC(=O)c2ccoc2)c1. The summed E-state index contributed by atoms with van der Waals surface area (Å²) < 4.78 is 4.81. The van der Waals surface area contributed by atoms with E-state index in [1.807, 2.05) is 6.07 Å². The van der Waals surface area contributed by atoms with Gasteiger partial charge in [-0.15, -0.1) is 0 Å². The number of nitrogens with zero attached hydrogens (tertiary/aromatic N) is 1. The normalized spacial score (nSPS) is 9.44. The number of benzene rings is 1. The highest BCUT2D eigenvalue weighted by molar-refractivity contribution is 6.04. The summed E-state index contributed by atoms with van der Waals surface area (Å²) in [5.41, 5.74) is 1.54. The van der Waals surface area contributed by atoms with Gasteiger partial charge in [0.05, 0.1) is 23.5 Å². The second kappa shape index (κ2) is 4.32. The summed E-state index contributed by atoms with van der Waals surface area (Å²) in [5, 5.41) is 11.4. The minimum Gasteiger partial charge on any atom is -0.472 e. The average Bonchev–Trinajstić information content (AvgIpc) is 2.83. The Labute approximate surface area is 92.1 Å². The van der Waals surface area contributed by atoms with Crippen molar-refractivity contribution in [3.63, 3.8) is 0 Å². The van der Waals surface area contributed by atoms with Crippen molar-refractivity contribution in [1.82, 2.24) is 0 Å². The molecule has 1 aromatic heterocycles.